The summed E-state index contributed by atoms with van der Waals surface area (Å²) in [4.78, 5) is 29.2. The molecule has 138 valence electrons. The molecule has 2 aromatic rings. The Hall–Kier alpha value is -2.02. The zero-order valence-corrected chi connectivity index (χ0v) is 16.1. The van der Waals surface area contributed by atoms with Crippen molar-refractivity contribution in [3.63, 3.8) is 0 Å². The highest BCUT2D eigenvalue weighted by Crippen LogP contribution is 2.16. The molecule has 25 heavy (non-hydrogen) atoms. The average molecular weight is 368 g/mol. The van der Waals surface area contributed by atoms with E-state index in [-0.39, 0.29) is 11.2 Å². The summed E-state index contributed by atoms with van der Waals surface area (Å²) in [6.45, 7) is 5.13. The maximum absolute atomic E-state index is 12.6. The number of fused-ring (bicyclic) bond motifs is 1. The smallest absolute Gasteiger partial charge is 0.332 e. The van der Waals surface area contributed by atoms with Crippen LogP contribution < -0.4 is 16.6 Å². The second kappa shape index (κ2) is 8.38. The minimum atomic E-state index is -0.388. The second-order valence-corrected chi connectivity index (χ2v) is 6.80. The van der Waals surface area contributed by atoms with Crippen LogP contribution in [-0.2, 0) is 20.6 Å². The number of allylic oxidation sites excluding steroid dienone is 2. The summed E-state index contributed by atoms with van der Waals surface area (Å²) >= 11 is 5.96. The first-order valence-electron chi connectivity index (χ1n) is 8.60. The van der Waals surface area contributed by atoms with E-state index >= 15 is 0 Å². The fraction of sp³-hybridized carbons (Fsp3) is 0.588. The second-order valence-electron chi connectivity index (χ2n) is 6.20. The molecule has 7 nitrogen and oxygen atoms in total. The van der Waals surface area contributed by atoms with Crippen molar-refractivity contribution >= 4 is 28.7 Å². The normalized spacial score (nSPS) is 12.1. The lowest BCUT2D eigenvalue weighted by Crippen LogP contribution is -2.37. The number of hydrogen-bond acceptors (Lipinski definition) is 4. The molecule has 0 radical (unpaired) electrons. The highest BCUT2D eigenvalue weighted by molar-refractivity contribution is 6.29. The third-order valence-corrected chi connectivity index (χ3v) is 4.37. The molecule has 0 atom stereocenters. The number of aryl methyl sites for hydroxylation is 1. The van der Waals surface area contributed by atoms with Gasteiger partial charge in [0, 0.05) is 32.2 Å². The van der Waals surface area contributed by atoms with Gasteiger partial charge in [0.1, 0.15) is 0 Å². The van der Waals surface area contributed by atoms with Gasteiger partial charge in [-0.3, -0.25) is 13.9 Å². The molecule has 1 N–H and O–H groups in total. The maximum Gasteiger partial charge on any atom is 0.332 e. The molecule has 0 aliphatic heterocycles. The van der Waals surface area contributed by atoms with E-state index in [1.807, 2.05) is 6.08 Å². The van der Waals surface area contributed by atoms with Crippen LogP contribution in [0.5, 0.6) is 0 Å². The van der Waals surface area contributed by atoms with Crippen LogP contribution in [0.3, 0.4) is 0 Å². The molecule has 0 aliphatic rings. The maximum atomic E-state index is 12.6. The van der Waals surface area contributed by atoms with Gasteiger partial charge in [0.2, 0.25) is 5.95 Å². The van der Waals surface area contributed by atoms with Gasteiger partial charge >= 0.3 is 5.69 Å². The Bertz CT molecular complexity index is 887. The van der Waals surface area contributed by atoms with E-state index in [1.165, 1.54) is 24.5 Å². The van der Waals surface area contributed by atoms with Gasteiger partial charge in [-0.2, -0.15) is 4.98 Å². The highest BCUT2D eigenvalue weighted by Gasteiger charge is 2.18. The minimum absolute atomic E-state index is 0.356. The van der Waals surface area contributed by atoms with Gasteiger partial charge in [-0.15, -0.1) is 0 Å². The van der Waals surface area contributed by atoms with E-state index < -0.39 is 0 Å². The molecule has 0 saturated heterocycles. The van der Waals surface area contributed by atoms with Gasteiger partial charge in [0.15, 0.2) is 11.2 Å². The number of nitrogens with one attached hydrogen (secondary N) is 1. The summed E-state index contributed by atoms with van der Waals surface area (Å²) in [5.74, 6) is 0.582. The summed E-state index contributed by atoms with van der Waals surface area (Å²) in [6.07, 6.45) is 6.36. The first-order valence-corrected chi connectivity index (χ1v) is 8.98. The van der Waals surface area contributed by atoms with Gasteiger partial charge in [-0.25, -0.2) is 4.79 Å². The summed E-state index contributed by atoms with van der Waals surface area (Å²) in [6, 6.07) is 0. The lowest BCUT2D eigenvalue weighted by molar-refractivity contribution is 0.680. The SMILES string of the molecule is CCCCCCNc1nc2c(c(=O)n(C)c(=O)n2C)n1CC=C(C)Cl. The molecular formula is C17H26ClN5O2. The standard InChI is InChI=1S/C17H26ClN5O2/c1-5-6-7-8-10-19-16-20-14-13(23(16)11-9-12(2)18)15(24)22(4)17(25)21(14)3/h9H,5-8,10-11H2,1-4H3,(H,19,20). The molecule has 0 aromatic carbocycles. The molecule has 2 heterocycles. The van der Waals surface area contributed by atoms with E-state index in [1.54, 1.807) is 18.5 Å². The number of hydrogen-bond donors (Lipinski definition) is 1. The number of nitrogens with zero attached hydrogens (tertiary/aromatic N) is 4. The van der Waals surface area contributed by atoms with E-state index in [0.717, 1.165) is 24.0 Å². The van der Waals surface area contributed by atoms with Crippen LogP contribution in [0, 0.1) is 0 Å². The molecule has 0 unspecified atom stereocenters. The van der Waals surface area contributed by atoms with Crippen LogP contribution in [0.4, 0.5) is 5.95 Å². The Kier molecular flexibility index (Phi) is 6.47. The van der Waals surface area contributed by atoms with E-state index in [9.17, 15) is 9.59 Å². The summed E-state index contributed by atoms with van der Waals surface area (Å²) in [5.41, 5.74) is 0.0329. The van der Waals surface area contributed by atoms with Crippen molar-refractivity contribution in [2.45, 2.75) is 46.1 Å². The fourth-order valence-corrected chi connectivity index (χ4v) is 2.80. The van der Waals surface area contributed by atoms with Crippen molar-refractivity contribution in [2.75, 3.05) is 11.9 Å². The van der Waals surface area contributed by atoms with Crippen LogP contribution in [0.2, 0.25) is 0 Å². The molecule has 2 rings (SSSR count). The number of aromatic nitrogens is 4. The van der Waals surface area contributed by atoms with E-state index in [0.29, 0.717) is 28.7 Å². The Morgan fingerprint density at radius 2 is 1.92 bits per heavy atom. The predicted octanol–water partition coefficient (Wildman–Crippen LogP) is 2.57. The monoisotopic (exact) mass is 367 g/mol. The van der Waals surface area contributed by atoms with Gasteiger partial charge in [0.05, 0.1) is 0 Å². The van der Waals surface area contributed by atoms with Crippen molar-refractivity contribution in [3.8, 4) is 0 Å². The zero-order valence-electron chi connectivity index (χ0n) is 15.3. The lowest BCUT2D eigenvalue weighted by Gasteiger charge is -2.09. The van der Waals surface area contributed by atoms with Gasteiger partial charge in [-0.05, 0) is 13.3 Å². The molecule has 0 spiro atoms. The van der Waals surface area contributed by atoms with Crippen molar-refractivity contribution in [1.82, 2.24) is 18.7 Å². The first kappa shape index (κ1) is 19.3. The van der Waals surface area contributed by atoms with Gasteiger partial charge in [-0.1, -0.05) is 43.9 Å². The largest absolute Gasteiger partial charge is 0.356 e. The minimum Gasteiger partial charge on any atom is -0.356 e. The highest BCUT2D eigenvalue weighted by atomic mass is 35.5. The fourth-order valence-electron chi connectivity index (χ4n) is 2.73. The number of imidazole rings is 1. The average Bonchev–Trinajstić information content (AvgIpc) is 2.94. The van der Waals surface area contributed by atoms with Crippen LogP contribution in [0.1, 0.15) is 39.5 Å². The molecule has 0 fully saturated rings. The third-order valence-electron chi connectivity index (χ3n) is 4.22. The summed E-state index contributed by atoms with van der Waals surface area (Å²) in [7, 11) is 3.09. The summed E-state index contributed by atoms with van der Waals surface area (Å²) < 4.78 is 4.28. The van der Waals surface area contributed by atoms with Gasteiger partial charge in [0.25, 0.3) is 5.56 Å². The van der Waals surface area contributed by atoms with E-state index in [2.05, 4.69) is 17.2 Å². The van der Waals surface area contributed by atoms with Crippen LogP contribution in [0.25, 0.3) is 11.2 Å². The molecule has 8 heteroatoms. The molecule has 0 amide bonds. The van der Waals surface area contributed by atoms with Crippen molar-refractivity contribution in [3.05, 3.63) is 31.9 Å². The molecule has 0 aliphatic carbocycles. The Morgan fingerprint density at radius 3 is 2.56 bits per heavy atom. The Labute approximate surface area is 151 Å². The van der Waals surface area contributed by atoms with Crippen LogP contribution >= 0.6 is 11.6 Å². The Morgan fingerprint density at radius 1 is 1.20 bits per heavy atom. The van der Waals surface area contributed by atoms with Gasteiger partial charge < -0.3 is 9.88 Å². The third kappa shape index (κ3) is 4.15. The lowest BCUT2D eigenvalue weighted by atomic mass is 10.2. The molecular weight excluding hydrogens is 342 g/mol. The number of anilines is 1. The first-order chi connectivity index (χ1) is 11.9. The quantitative estimate of drug-likeness (QED) is 0.728. The Balaban J connectivity index is 2.49. The molecule has 2 aromatic heterocycles. The van der Waals surface area contributed by atoms with Crippen molar-refractivity contribution in [2.24, 2.45) is 14.1 Å². The van der Waals surface area contributed by atoms with Crippen LogP contribution in [0.15, 0.2) is 20.7 Å². The number of rotatable bonds is 8. The van der Waals surface area contributed by atoms with Crippen LogP contribution in [-0.4, -0.2) is 25.2 Å². The zero-order chi connectivity index (χ0) is 18.6. The topological polar surface area (TPSA) is 73.8 Å². The number of halogens is 1. The predicted molar refractivity (Wildman–Crippen MR) is 102 cm³/mol. The summed E-state index contributed by atoms with van der Waals surface area (Å²) in [5, 5.41) is 3.93. The van der Waals surface area contributed by atoms with E-state index in [4.69, 9.17) is 11.6 Å². The van der Waals surface area contributed by atoms with Crippen molar-refractivity contribution in [1.29, 1.82) is 0 Å². The molecule has 0 saturated carbocycles. The molecule has 0 bridgehead atoms. The number of unbranched alkanes of at least 4 members (excludes halogenated alkanes) is 3. The van der Waals surface area contributed by atoms with Crippen molar-refractivity contribution < 1.29 is 0 Å².